The van der Waals surface area contributed by atoms with Crippen LogP contribution >= 0.6 is 11.3 Å². The number of rotatable bonds is 2. The summed E-state index contributed by atoms with van der Waals surface area (Å²) in [6.07, 6.45) is 0.880. The van der Waals surface area contributed by atoms with E-state index in [1.165, 1.54) is 18.4 Å². The third-order valence-corrected chi connectivity index (χ3v) is 4.69. The van der Waals surface area contributed by atoms with Crippen LogP contribution in [0.3, 0.4) is 0 Å². The standard InChI is InChI=1S/C15H15NO3S/c1-9-13(15(17)18-2)20-14(16-9)11-7-8-19-12-6-4-3-5-10(11)12/h3-6,11H,7-8H2,1-2H3. The number of fused-ring (bicyclic) bond motifs is 1. The number of thiazole rings is 1. The maximum absolute atomic E-state index is 11.7. The molecule has 0 aliphatic carbocycles. The molecule has 0 saturated heterocycles. The van der Waals surface area contributed by atoms with E-state index < -0.39 is 0 Å². The number of nitrogens with zero attached hydrogens (tertiary/aromatic N) is 1. The third kappa shape index (κ3) is 2.18. The Labute approximate surface area is 121 Å². The molecule has 1 aromatic carbocycles. The Kier molecular flexibility index (Phi) is 3.44. The lowest BCUT2D eigenvalue weighted by molar-refractivity contribution is 0.0605. The average Bonchev–Trinajstić information content (AvgIpc) is 2.87. The van der Waals surface area contributed by atoms with Crippen LogP contribution in [-0.4, -0.2) is 24.7 Å². The number of carbonyl (C=O) groups excluding carboxylic acids is 1. The van der Waals surface area contributed by atoms with Crippen molar-refractivity contribution in [2.75, 3.05) is 13.7 Å². The van der Waals surface area contributed by atoms with Crippen LogP contribution in [0.2, 0.25) is 0 Å². The molecule has 2 heterocycles. The van der Waals surface area contributed by atoms with E-state index in [1.54, 1.807) is 0 Å². The highest BCUT2D eigenvalue weighted by Crippen LogP contribution is 2.40. The molecule has 20 heavy (non-hydrogen) atoms. The predicted molar refractivity (Wildman–Crippen MR) is 76.6 cm³/mol. The number of methoxy groups -OCH3 is 1. The fraction of sp³-hybridized carbons (Fsp3) is 0.333. The van der Waals surface area contributed by atoms with Crippen LogP contribution in [0.4, 0.5) is 0 Å². The van der Waals surface area contributed by atoms with Gasteiger partial charge in [-0.15, -0.1) is 11.3 Å². The van der Waals surface area contributed by atoms with E-state index in [1.807, 2.05) is 25.1 Å². The maximum atomic E-state index is 11.7. The van der Waals surface area contributed by atoms with Crippen molar-refractivity contribution in [1.29, 1.82) is 0 Å². The van der Waals surface area contributed by atoms with Crippen molar-refractivity contribution >= 4 is 17.3 Å². The van der Waals surface area contributed by atoms with Crippen LogP contribution < -0.4 is 4.74 Å². The number of ether oxygens (including phenoxy) is 2. The number of para-hydroxylation sites is 1. The summed E-state index contributed by atoms with van der Waals surface area (Å²) < 4.78 is 10.5. The Balaban J connectivity index is 2.01. The van der Waals surface area contributed by atoms with Gasteiger partial charge < -0.3 is 9.47 Å². The molecule has 1 aliphatic rings. The highest BCUT2D eigenvalue weighted by atomic mass is 32.1. The van der Waals surface area contributed by atoms with Crippen molar-refractivity contribution in [3.8, 4) is 5.75 Å². The van der Waals surface area contributed by atoms with Gasteiger partial charge in [0.25, 0.3) is 0 Å². The second-order valence-corrected chi connectivity index (χ2v) is 5.72. The topological polar surface area (TPSA) is 48.4 Å². The molecule has 1 atom stereocenters. The summed E-state index contributed by atoms with van der Waals surface area (Å²) in [5, 5.41) is 0.957. The summed E-state index contributed by atoms with van der Waals surface area (Å²) in [5.41, 5.74) is 1.88. The molecule has 0 bridgehead atoms. The molecule has 1 aromatic heterocycles. The summed E-state index contributed by atoms with van der Waals surface area (Å²) in [5.74, 6) is 0.796. The largest absolute Gasteiger partial charge is 0.493 e. The van der Waals surface area contributed by atoms with Gasteiger partial charge >= 0.3 is 5.97 Å². The van der Waals surface area contributed by atoms with Gasteiger partial charge in [0, 0.05) is 11.5 Å². The molecule has 0 amide bonds. The van der Waals surface area contributed by atoms with Crippen molar-refractivity contribution in [3.05, 3.63) is 45.4 Å². The van der Waals surface area contributed by atoms with E-state index in [4.69, 9.17) is 9.47 Å². The summed E-state index contributed by atoms with van der Waals surface area (Å²) >= 11 is 1.42. The molecule has 0 N–H and O–H groups in total. The summed E-state index contributed by atoms with van der Waals surface area (Å²) in [6.45, 7) is 2.52. The van der Waals surface area contributed by atoms with Gasteiger partial charge in [0.15, 0.2) is 0 Å². The molecule has 3 rings (SSSR count). The minimum absolute atomic E-state index is 0.196. The Hall–Kier alpha value is -1.88. The number of esters is 1. The Morgan fingerprint density at radius 2 is 2.25 bits per heavy atom. The monoisotopic (exact) mass is 289 g/mol. The number of aryl methyl sites for hydroxylation is 1. The molecule has 1 unspecified atom stereocenters. The van der Waals surface area contributed by atoms with Gasteiger partial charge in [-0.2, -0.15) is 0 Å². The smallest absolute Gasteiger partial charge is 0.349 e. The summed E-state index contributed by atoms with van der Waals surface area (Å²) in [6, 6.07) is 8.01. The second-order valence-electron chi connectivity index (χ2n) is 4.69. The molecule has 2 aromatic rings. The molecular weight excluding hydrogens is 274 g/mol. The molecule has 1 aliphatic heterocycles. The molecular formula is C15H15NO3S. The molecule has 0 spiro atoms. The normalized spacial score (nSPS) is 17.2. The summed E-state index contributed by atoms with van der Waals surface area (Å²) in [7, 11) is 1.39. The number of aromatic nitrogens is 1. The van der Waals surface area contributed by atoms with Crippen molar-refractivity contribution in [3.63, 3.8) is 0 Å². The van der Waals surface area contributed by atoms with Crippen LogP contribution in [0.1, 0.15) is 38.3 Å². The van der Waals surface area contributed by atoms with Gasteiger partial charge in [-0.25, -0.2) is 9.78 Å². The van der Waals surface area contributed by atoms with Crippen LogP contribution in [0.15, 0.2) is 24.3 Å². The van der Waals surface area contributed by atoms with Crippen molar-refractivity contribution in [1.82, 2.24) is 4.98 Å². The van der Waals surface area contributed by atoms with E-state index in [0.717, 1.165) is 28.4 Å². The van der Waals surface area contributed by atoms with Crippen molar-refractivity contribution < 1.29 is 14.3 Å². The fourth-order valence-corrected chi connectivity index (χ4v) is 3.59. The average molecular weight is 289 g/mol. The SMILES string of the molecule is COC(=O)c1sc(C2CCOc3ccccc32)nc1C. The molecule has 5 heteroatoms. The second kappa shape index (κ2) is 5.25. The van der Waals surface area contributed by atoms with Crippen LogP contribution in [0.5, 0.6) is 5.75 Å². The quantitative estimate of drug-likeness (QED) is 0.797. The highest BCUT2D eigenvalue weighted by Gasteiger charge is 2.27. The minimum Gasteiger partial charge on any atom is -0.493 e. The molecule has 0 saturated carbocycles. The van der Waals surface area contributed by atoms with E-state index in [2.05, 4.69) is 11.1 Å². The van der Waals surface area contributed by atoms with E-state index in [0.29, 0.717) is 11.5 Å². The zero-order chi connectivity index (χ0) is 14.1. The first-order chi connectivity index (χ1) is 9.70. The number of hydrogen-bond donors (Lipinski definition) is 0. The van der Waals surface area contributed by atoms with E-state index in [9.17, 15) is 4.79 Å². The van der Waals surface area contributed by atoms with Gasteiger partial charge in [-0.05, 0) is 19.4 Å². The van der Waals surface area contributed by atoms with E-state index >= 15 is 0 Å². The maximum Gasteiger partial charge on any atom is 0.349 e. The summed E-state index contributed by atoms with van der Waals surface area (Å²) in [4.78, 5) is 16.9. The molecule has 0 radical (unpaired) electrons. The van der Waals surface area contributed by atoms with E-state index in [-0.39, 0.29) is 11.9 Å². The fourth-order valence-electron chi connectivity index (χ4n) is 2.45. The first-order valence-electron chi connectivity index (χ1n) is 6.48. The lowest BCUT2D eigenvalue weighted by atomic mass is 9.94. The van der Waals surface area contributed by atoms with Gasteiger partial charge in [0.2, 0.25) is 0 Å². The molecule has 4 nitrogen and oxygen atoms in total. The predicted octanol–water partition coefficient (Wildman–Crippen LogP) is 3.15. The Morgan fingerprint density at radius 1 is 1.45 bits per heavy atom. The van der Waals surface area contributed by atoms with Crippen LogP contribution in [-0.2, 0) is 4.74 Å². The van der Waals surface area contributed by atoms with Gasteiger partial charge in [0.05, 0.1) is 19.4 Å². The number of carbonyl (C=O) groups is 1. The van der Waals surface area contributed by atoms with Gasteiger partial charge in [0.1, 0.15) is 15.6 Å². The highest BCUT2D eigenvalue weighted by molar-refractivity contribution is 7.13. The van der Waals surface area contributed by atoms with Crippen LogP contribution in [0.25, 0.3) is 0 Å². The van der Waals surface area contributed by atoms with Crippen molar-refractivity contribution in [2.24, 2.45) is 0 Å². The number of benzene rings is 1. The zero-order valence-electron chi connectivity index (χ0n) is 11.4. The molecule has 0 fully saturated rings. The van der Waals surface area contributed by atoms with Crippen molar-refractivity contribution in [2.45, 2.75) is 19.3 Å². The lowest BCUT2D eigenvalue weighted by Crippen LogP contribution is -2.14. The van der Waals surface area contributed by atoms with Gasteiger partial charge in [-0.3, -0.25) is 0 Å². The first-order valence-corrected chi connectivity index (χ1v) is 7.29. The van der Waals surface area contributed by atoms with Crippen LogP contribution in [0, 0.1) is 6.92 Å². The minimum atomic E-state index is -0.313. The first kappa shape index (κ1) is 13.1. The lowest BCUT2D eigenvalue weighted by Gasteiger charge is -2.24. The number of hydrogen-bond acceptors (Lipinski definition) is 5. The molecule has 104 valence electrons. The Morgan fingerprint density at radius 3 is 3.05 bits per heavy atom. The third-order valence-electron chi connectivity index (χ3n) is 3.44. The zero-order valence-corrected chi connectivity index (χ0v) is 12.2. The van der Waals surface area contributed by atoms with Gasteiger partial charge in [-0.1, -0.05) is 18.2 Å². The Bertz CT molecular complexity index is 650.